The van der Waals surface area contributed by atoms with Crippen LogP contribution in [-0.2, 0) is 51.2 Å². The fourth-order valence-electron chi connectivity index (χ4n) is 8.51. The summed E-state index contributed by atoms with van der Waals surface area (Å²) in [6.45, 7) is 2.02. The molecule has 0 aromatic heterocycles. The zero-order valence-electron chi connectivity index (χ0n) is 42.2. The van der Waals surface area contributed by atoms with E-state index in [1.165, 1.54) is 7.11 Å². The number of aliphatic carboxylic acids is 2. The van der Waals surface area contributed by atoms with Gasteiger partial charge in [0.05, 0.1) is 20.0 Å². The van der Waals surface area contributed by atoms with Crippen molar-refractivity contribution in [3.05, 3.63) is 89.5 Å². The Hall–Kier alpha value is -8.24. The van der Waals surface area contributed by atoms with Gasteiger partial charge in [0.2, 0.25) is 35.4 Å². The highest BCUT2D eigenvalue weighted by Crippen LogP contribution is 2.27. The number of nitrogens with one attached hydrogen (secondary N) is 8. The predicted molar refractivity (Wildman–Crippen MR) is 276 cm³/mol. The maximum absolute atomic E-state index is 14.3. The average molecular weight is 1040 g/mol. The second-order valence-electron chi connectivity index (χ2n) is 18.4. The van der Waals surface area contributed by atoms with Gasteiger partial charge in [-0.3, -0.25) is 38.4 Å². The number of nitrogens with two attached hydrogens (primary N) is 2. The molecule has 10 amide bonds. The first-order chi connectivity index (χ1) is 35.8. The third-order valence-electron chi connectivity index (χ3n) is 12.6. The molecule has 1 saturated carbocycles. The van der Waals surface area contributed by atoms with Crippen LogP contribution in [0.4, 0.5) is 21.0 Å². The number of amides is 10. The quantitative estimate of drug-likeness (QED) is 0.0428. The standard InChI is InChI=1S/C52H70N10O13/c1-31-11-6-7-14-37(31)61-52(74)56-35-23-18-33(19-24-35)29-42(63)57-39(15-8-9-28-55-51(54)73)47(69)59-40(16-10-17-43(64)65)48(70)62-45(34-12-4-3-5-13-34)50(72)60-41(30-44(66)67)49(71)58-38(46(53)68)27-22-32-20-25-36(75-2)26-21-32/h6-7,11,14,18-21,23-26,34,38-41,45H,3-5,8-10,12-13,15-17,22,27-30H2,1-2H3,(H2,53,68)(H,57,63)(H,58,71)(H,59,69)(H,60,72)(H,62,70)(H,64,65)(H,66,67)(H3,54,55,73)(H2,56,61,74)/t38-,39+,40+,41?,45-/m1/s1. The van der Waals surface area contributed by atoms with E-state index in [0.29, 0.717) is 61.2 Å². The number of carboxylic acids is 2. The Labute approximate surface area is 434 Å². The minimum atomic E-state index is -1.72. The van der Waals surface area contributed by atoms with E-state index < -0.39 is 102 Å². The molecule has 4 rings (SSSR count). The number of carbonyl (C=O) groups is 10. The van der Waals surface area contributed by atoms with Crippen molar-refractivity contribution in [3.63, 3.8) is 0 Å². The summed E-state index contributed by atoms with van der Waals surface area (Å²) in [4.78, 5) is 130. The molecule has 23 heteroatoms. The highest BCUT2D eigenvalue weighted by Gasteiger charge is 2.37. The van der Waals surface area contributed by atoms with Crippen molar-refractivity contribution in [1.82, 2.24) is 31.9 Å². The number of urea groups is 2. The molecule has 406 valence electrons. The van der Waals surface area contributed by atoms with Crippen LogP contribution < -0.4 is 58.7 Å². The molecule has 0 saturated heterocycles. The number of rotatable bonds is 30. The topological polar surface area (TPSA) is 369 Å². The largest absolute Gasteiger partial charge is 0.497 e. The van der Waals surface area contributed by atoms with E-state index in [0.717, 1.165) is 17.5 Å². The monoisotopic (exact) mass is 1040 g/mol. The van der Waals surface area contributed by atoms with Crippen LogP contribution >= 0.6 is 0 Å². The van der Waals surface area contributed by atoms with Crippen molar-refractivity contribution in [3.8, 4) is 5.75 Å². The van der Waals surface area contributed by atoms with Crippen LogP contribution in [0.2, 0.25) is 0 Å². The Bertz CT molecular complexity index is 2450. The Kier molecular flexibility index (Phi) is 24.3. The van der Waals surface area contributed by atoms with Gasteiger partial charge in [-0.25, -0.2) is 9.59 Å². The van der Waals surface area contributed by atoms with Gasteiger partial charge in [-0.1, -0.05) is 61.7 Å². The smallest absolute Gasteiger partial charge is 0.323 e. The molecule has 0 heterocycles. The number of hydrogen-bond donors (Lipinski definition) is 12. The maximum atomic E-state index is 14.3. The summed E-state index contributed by atoms with van der Waals surface area (Å²) in [5.41, 5.74) is 14.1. The highest BCUT2D eigenvalue weighted by atomic mass is 16.5. The highest BCUT2D eigenvalue weighted by molar-refractivity contribution is 6.00. The molecule has 3 aromatic carbocycles. The van der Waals surface area contributed by atoms with Crippen molar-refractivity contribution in [2.24, 2.45) is 17.4 Å². The number of hydrogen-bond acceptors (Lipinski definition) is 11. The fourth-order valence-corrected chi connectivity index (χ4v) is 8.51. The zero-order valence-corrected chi connectivity index (χ0v) is 42.2. The first kappa shape index (κ1) is 59.3. The summed E-state index contributed by atoms with van der Waals surface area (Å²) < 4.78 is 5.17. The van der Waals surface area contributed by atoms with E-state index in [1.54, 1.807) is 60.7 Å². The second-order valence-corrected chi connectivity index (χ2v) is 18.4. The number of benzene rings is 3. The van der Waals surface area contributed by atoms with Crippen LogP contribution in [0.1, 0.15) is 100 Å². The molecule has 0 spiro atoms. The average Bonchev–Trinajstić information content (AvgIpc) is 3.36. The number of primary amides is 2. The molecule has 75 heavy (non-hydrogen) atoms. The molecule has 1 aliphatic carbocycles. The molecule has 0 bridgehead atoms. The van der Waals surface area contributed by atoms with Gasteiger partial charge in [0.1, 0.15) is 36.0 Å². The number of unbranched alkanes of at least 4 members (excludes halogenated alkanes) is 1. The number of carbonyl (C=O) groups excluding carboxylic acids is 8. The lowest BCUT2D eigenvalue weighted by atomic mass is 9.83. The minimum Gasteiger partial charge on any atom is -0.497 e. The van der Waals surface area contributed by atoms with E-state index in [9.17, 15) is 58.2 Å². The number of ether oxygens (including phenoxy) is 1. The van der Waals surface area contributed by atoms with E-state index in [4.69, 9.17) is 16.2 Å². The number of methoxy groups -OCH3 is 1. The Morgan fingerprint density at radius 2 is 1.23 bits per heavy atom. The lowest BCUT2D eigenvalue weighted by molar-refractivity contribution is -0.141. The molecule has 1 fully saturated rings. The van der Waals surface area contributed by atoms with Gasteiger partial charge in [0, 0.05) is 24.3 Å². The lowest BCUT2D eigenvalue weighted by Crippen LogP contribution is -2.61. The van der Waals surface area contributed by atoms with E-state index in [-0.39, 0.29) is 51.5 Å². The van der Waals surface area contributed by atoms with Gasteiger partial charge in [0.25, 0.3) is 0 Å². The van der Waals surface area contributed by atoms with Crippen molar-refractivity contribution >= 4 is 70.8 Å². The molecule has 1 unspecified atom stereocenters. The number of anilines is 2. The minimum absolute atomic E-state index is 0.0264. The molecular formula is C52H70N10O13. The van der Waals surface area contributed by atoms with E-state index in [2.05, 4.69) is 42.5 Å². The molecule has 1 aliphatic rings. The van der Waals surface area contributed by atoms with Gasteiger partial charge in [-0.05, 0) is 118 Å². The third-order valence-corrected chi connectivity index (χ3v) is 12.6. The summed E-state index contributed by atoms with van der Waals surface area (Å²) in [6.07, 6.45) is 2.32. The van der Waals surface area contributed by atoms with Crippen LogP contribution in [0.3, 0.4) is 0 Å². The Balaban J connectivity index is 1.50. The van der Waals surface area contributed by atoms with Crippen LogP contribution in [0, 0.1) is 12.8 Å². The van der Waals surface area contributed by atoms with Crippen LogP contribution in [0.15, 0.2) is 72.8 Å². The summed E-state index contributed by atoms with van der Waals surface area (Å²) >= 11 is 0. The van der Waals surface area contributed by atoms with Gasteiger partial charge in [-0.15, -0.1) is 0 Å². The maximum Gasteiger partial charge on any atom is 0.323 e. The van der Waals surface area contributed by atoms with Crippen molar-refractivity contribution < 1.29 is 62.9 Å². The molecular weight excluding hydrogens is 973 g/mol. The molecule has 0 radical (unpaired) electrons. The first-order valence-electron chi connectivity index (χ1n) is 24.9. The fraction of sp³-hybridized carbons (Fsp3) is 0.462. The van der Waals surface area contributed by atoms with Gasteiger partial charge in [-0.2, -0.15) is 0 Å². The third kappa shape index (κ3) is 21.4. The first-order valence-corrected chi connectivity index (χ1v) is 24.9. The Morgan fingerprint density at radius 1 is 0.627 bits per heavy atom. The second kappa shape index (κ2) is 30.7. The van der Waals surface area contributed by atoms with Gasteiger partial charge in [0.15, 0.2) is 0 Å². The van der Waals surface area contributed by atoms with Crippen molar-refractivity contribution in [1.29, 1.82) is 0 Å². The van der Waals surface area contributed by atoms with Gasteiger partial charge >= 0.3 is 24.0 Å². The molecule has 23 nitrogen and oxygen atoms in total. The summed E-state index contributed by atoms with van der Waals surface area (Å²) in [7, 11) is 1.51. The molecule has 5 atom stereocenters. The van der Waals surface area contributed by atoms with Gasteiger partial charge < -0.3 is 69.0 Å². The number of para-hydroxylation sites is 1. The molecule has 14 N–H and O–H groups in total. The van der Waals surface area contributed by atoms with Crippen LogP contribution in [-0.4, -0.2) is 114 Å². The number of carboxylic acid groups (broad SMARTS) is 2. The van der Waals surface area contributed by atoms with E-state index in [1.807, 2.05) is 19.1 Å². The predicted octanol–water partition coefficient (Wildman–Crippen LogP) is 2.88. The normalized spacial score (nSPS) is 14.2. The van der Waals surface area contributed by atoms with Crippen molar-refractivity contribution in [2.75, 3.05) is 24.3 Å². The summed E-state index contributed by atoms with van der Waals surface area (Å²) in [5, 5.41) is 40.2. The van der Waals surface area contributed by atoms with E-state index >= 15 is 0 Å². The number of aryl methyl sites for hydroxylation is 2. The van der Waals surface area contributed by atoms with Crippen molar-refractivity contribution in [2.45, 2.75) is 133 Å². The zero-order chi connectivity index (χ0) is 54.9. The summed E-state index contributed by atoms with van der Waals surface area (Å²) in [5.74, 6) is -7.63. The van der Waals surface area contributed by atoms with Crippen LogP contribution in [0.5, 0.6) is 5.75 Å². The summed E-state index contributed by atoms with van der Waals surface area (Å²) in [6, 6.07) is 12.4. The molecule has 0 aliphatic heterocycles. The van der Waals surface area contributed by atoms with Crippen LogP contribution in [0.25, 0.3) is 0 Å². The Morgan fingerprint density at radius 3 is 1.85 bits per heavy atom. The molecule has 3 aromatic rings. The SMILES string of the molecule is COc1ccc(CC[C@@H](NC(=O)C(CC(=O)O)NC(=O)[C@H](NC(=O)[C@H](CCCC(=O)O)NC(=O)[C@H](CCCCNC(N)=O)NC(=O)Cc2ccc(NC(=O)Nc3ccccc3C)cc2)C2CCCCC2)C(N)=O)cc1. The lowest BCUT2D eigenvalue weighted by Gasteiger charge is -2.32.